The van der Waals surface area contributed by atoms with Gasteiger partial charge in [-0.15, -0.1) is 0 Å². The summed E-state index contributed by atoms with van der Waals surface area (Å²) in [5.41, 5.74) is 0. The number of hydrogen-bond donors (Lipinski definition) is 1. The van der Waals surface area contributed by atoms with Gasteiger partial charge in [0.2, 0.25) is 0 Å². The summed E-state index contributed by atoms with van der Waals surface area (Å²) in [5, 5.41) is 2.04. The highest BCUT2D eigenvalue weighted by Crippen LogP contribution is 2.45. The van der Waals surface area contributed by atoms with Crippen molar-refractivity contribution in [3.8, 4) is 0 Å². The Balaban J connectivity index is 3.23. The summed E-state index contributed by atoms with van der Waals surface area (Å²) in [5.74, 6) is -3.83. The minimum absolute atomic E-state index is 0.322. The molecular weight excluding hydrogens is 264 g/mol. The second-order valence-electron chi connectivity index (χ2n) is 3.72. The molecule has 0 saturated heterocycles. The molecule has 3 nitrogen and oxygen atoms in total. The summed E-state index contributed by atoms with van der Waals surface area (Å²) < 4.78 is 76.6. The van der Waals surface area contributed by atoms with Crippen molar-refractivity contribution in [3.05, 3.63) is 18.2 Å². The molecule has 1 rings (SSSR count). The van der Waals surface area contributed by atoms with Crippen molar-refractivity contribution in [2.45, 2.75) is 18.4 Å². The third kappa shape index (κ3) is 2.95. The van der Waals surface area contributed by atoms with Crippen molar-refractivity contribution in [3.63, 3.8) is 0 Å². The molecular formula is C9H11F6N3. The van der Waals surface area contributed by atoms with Crippen LogP contribution in [0.1, 0.15) is 11.9 Å². The van der Waals surface area contributed by atoms with Gasteiger partial charge in [-0.1, -0.05) is 0 Å². The number of rotatable bonds is 3. The van der Waals surface area contributed by atoms with Crippen molar-refractivity contribution < 1.29 is 26.3 Å². The van der Waals surface area contributed by atoms with Gasteiger partial charge in [0.25, 0.3) is 0 Å². The first kappa shape index (κ1) is 14.8. The van der Waals surface area contributed by atoms with E-state index in [1.807, 2.05) is 5.32 Å². The number of aromatic nitrogens is 2. The van der Waals surface area contributed by atoms with Crippen LogP contribution in [0.5, 0.6) is 0 Å². The Labute approximate surface area is 98.8 Å². The smallest absolute Gasteiger partial charge is 0.337 e. The largest absolute Gasteiger partial charge is 0.402 e. The minimum Gasteiger partial charge on any atom is -0.337 e. The fourth-order valence-corrected chi connectivity index (χ4v) is 1.69. The Hall–Kier alpha value is -1.25. The van der Waals surface area contributed by atoms with E-state index in [9.17, 15) is 26.3 Å². The van der Waals surface area contributed by atoms with Gasteiger partial charge in [0, 0.05) is 19.4 Å². The lowest BCUT2D eigenvalue weighted by Gasteiger charge is -2.29. The summed E-state index contributed by atoms with van der Waals surface area (Å²) in [6.07, 6.45) is -8.39. The van der Waals surface area contributed by atoms with Crippen molar-refractivity contribution in [2.75, 3.05) is 7.05 Å². The number of nitrogens with zero attached hydrogens (tertiary/aromatic N) is 2. The Morgan fingerprint density at radius 1 is 1.17 bits per heavy atom. The van der Waals surface area contributed by atoms with Crippen LogP contribution in [0.4, 0.5) is 26.3 Å². The number of hydrogen-bond acceptors (Lipinski definition) is 2. The SMILES string of the molecule is CNC(c1nccn1C)C(C(F)(F)F)C(F)(F)F. The number of aryl methyl sites for hydroxylation is 1. The Morgan fingerprint density at radius 2 is 1.67 bits per heavy atom. The van der Waals surface area contributed by atoms with Crippen LogP contribution in [0.25, 0.3) is 0 Å². The Kier molecular flexibility index (Phi) is 3.94. The lowest BCUT2D eigenvalue weighted by molar-refractivity contribution is -0.293. The lowest BCUT2D eigenvalue weighted by Crippen LogP contribution is -2.45. The third-order valence-corrected chi connectivity index (χ3v) is 2.49. The maximum atomic E-state index is 12.6. The van der Waals surface area contributed by atoms with Crippen molar-refractivity contribution in [1.29, 1.82) is 0 Å². The van der Waals surface area contributed by atoms with Crippen LogP contribution < -0.4 is 5.32 Å². The van der Waals surface area contributed by atoms with E-state index in [-0.39, 0.29) is 5.82 Å². The number of alkyl halides is 6. The molecule has 0 aromatic carbocycles. The molecule has 18 heavy (non-hydrogen) atoms. The van der Waals surface area contributed by atoms with Gasteiger partial charge in [-0.05, 0) is 7.05 Å². The zero-order valence-corrected chi connectivity index (χ0v) is 9.47. The Morgan fingerprint density at radius 3 is 1.94 bits per heavy atom. The van der Waals surface area contributed by atoms with E-state index in [0.29, 0.717) is 0 Å². The number of halogens is 6. The first-order valence-corrected chi connectivity index (χ1v) is 4.87. The van der Waals surface area contributed by atoms with Crippen LogP contribution in [-0.4, -0.2) is 29.0 Å². The summed E-state index contributed by atoms with van der Waals surface area (Å²) in [6, 6.07) is -1.98. The number of nitrogens with one attached hydrogen (secondary N) is 1. The van der Waals surface area contributed by atoms with Gasteiger partial charge in [-0.2, -0.15) is 26.3 Å². The van der Waals surface area contributed by atoms with Crippen molar-refractivity contribution in [1.82, 2.24) is 14.9 Å². The molecule has 9 heteroatoms. The van der Waals surface area contributed by atoms with Crippen molar-refractivity contribution >= 4 is 0 Å². The fraction of sp³-hybridized carbons (Fsp3) is 0.667. The molecule has 104 valence electrons. The lowest BCUT2D eigenvalue weighted by atomic mass is 9.97. The molecule has 1 aromatic heterocycles. The predicted octanol–water partition coefficient (Wildman–Crippen LogP) is 2.42. The molecule has 0 spiro atoms. The average molecular weight is 275 g/mol. The zero-order valence-electron chi connectivity index (χ0n) is 9.47. The van der Waals surface area contributed by atoms with E-state index < -0.39 is 24.3 Å². The summed E-state index contributed by atoms with van der Waals surface area (Å²) in [7, 11) is 2.36. The van der Waals surface area contributed by atoms with Crippen LogP contribution in [0.3, 0.4) is 0 Å². The van der Waals surface area contributed by atoms with Gasteiger partial charge in [0.05, 0.1) is 6.04 Å². The zero-order chi connectivity index (χ0) is 14.1. The standard InChI is InChI=1S/C9H11F6N3/c1-16-5(7-17-3-4-18(7)2)6(8(10,11)12)9(13,14)15/h3-6,16H,1-2H3. The summed E-state index contributed by atoms with van der Waals surface area (Å²) in [6.45, 7) is 0. The quantitative estimate of drug-likeness (QED) is 0.859. The van der Waals surface area contributed by atoms with Crippen LogP contribution in [0, 0.1) is 5.92 Å². The molecule has 1 atom stereocenters. The molecule has 0 bridgehead atoms. The molecule has 0 saturated carbocycles. The maximum absolute atomic E-state index is 12.6. The van der Waals surface area contributed by atoms with Crippen molar-refractivity contribution in [2.24, 2.45) is 13.0 Å². The predicted molar refractivity (Wildman–Crippen MR) is 50.6 cm³/mol. The normalized spacial score (nSPS) is 15.2. The van der Waals surface area contributed by atoms with E-state index in [1.165, 1.54) is 13.2 Å². The Bertz CT molecular complexity index is 380. The molecule has 0 amide bonds. The van der Waals surface area contributed by atoms with Crippen LogP contribution in [-0.2, 0) is 7.05 Å². The molecule has 1 N–H and O–H groups in total. The molecule has 1 aromatic rings. The first-order valence-electron chi connectivity index (χ1n) is 4.87. The second kappa shape index (κ2) is 4.79. The van der Waals surface area contributed by atoms with Gasteiger partial charge >= 0.3 is 12.4 Å². The molecule has 1 heterocycles. The second-order valence-corrected chi connectivity index (χ2v) is 3.72. The van der Waals surface area contributed by atoms with E-state index in [2.05, 4.69) is 4.98 Å². The van der Waals surface area contributed by atoms with Crippen LogP contribution >= 0.6 is 0 Å². The molecule has 0 fully saturated rings. The maximum Gasteiger partial charge on any atom is 0.402 e. The summed E-state index contributed by atoms with van der Waals surface area (Å²) >= 11 is 0. The fourth-order valence-electron chi connectivity index (χ4n) is 1.69. The molecule has 0 aliphatic heterocycles. The highest BCUT2D eigenvalue weighted by Gasteiger charge is 2.61. The van der Waals surface area contributed by atoms with E-state index >= 15 is 0 Å². The van der Waals surface area contributed by atoms with Crippen LogP contribution in [0.15, 0.2) is 12.4 Å². The molecule has 1 unspecified atom stereocenters. The molecule has 0 aliphatic carbocycles. The molecule has 0 radical (unpaired) electrons. The van der Waals surface area contributed by atoms with Crippen LogP contribution in [0.2, 0.25) is 0 Å². The summed E-state index contributed by atoms with van der Waals surface area (Å²) in [4.78, 5) is 3.54. The molecule has 0 aliphatic rings. The minimum atomic E-state index is -5.40. The highest BCUT2D eigenvalue weighted by molar-refractivity contribution is 5.04. The van der Waals surface area contributed by atoms with E-state index in [0.717, 1.165) is 17.8 Å². The van der Waals surface area contributed by atoms with E-state index in [1.54, 1.807) is 0 Å². The number of imidazole rings is 1. The average Bonchev–Trinajstić information content (AvgIpc) is 2.56. The van der Waals surface area contributed by atoms with Gasteiger partial charge in [0.1, 0.15) is 5.82 Å². The van der Waals surface area contributed by atoms with Gasteiger partial charge in [0.15, 0.2) is 5.92 Å². The van der Waals surface area contributed by atoms with Gasteiger partial charge in [-0.3, -0.25) is 0 Å². The van der Waals surface area contributed by atoms with Gasteiger partial charge < -0.3 is 9.88 Å². The van der Waals surface area contributed by atoms with E-state index in [4.69, 9.17) is 0 Å². The van der Waals surface area contributed by atoms with Gasteiger partial charge in [-0.25, -0.2) is 4.98 Å². The third-order valence-electron chi connectivity index (χ3n) is 2.49. The highest BCUT2D eigenvalue weighted by atomic mass is 19.4. The monoisotopic (exact) mass is 275 g/mol. The first-order chi connectivity index (χ1) is 8.09. The topological polar surface area (TPSA) is 29.9 Å².